The monoisotopic (exact) mass is 386 g/mol. The molecule has 8 heteroatoms. The van der Waals surface area contributed by atoms with E-state index in [-0.39, 0.29) is 31.2 Å². The Labute approximate surface area is 161 Å². The molecule has 1 aliphatic rings. The molecule has 7 nitrogen and oxygen atoms in total. The van der Waals surface area contributed by atoms with Crippen molar-refractivity contribution in [3.63, 3.8) is 0 Å². The van der Waals surface area contributed by atoms with Gasteiger partial charge in [0.2, 0.25) is 5.91 Å². The summed E-state index contributed by atoms with van der Waals surface area (Å²) in [7, 11) is 0. The minimum atomic E-state index is -0.708. The second-order valence-electron chi connectivity index (χ2n) is 6.15. The Morgan fingerprint density at radius 2 is 1.96 bits per heavy atom. The maximum Gasteiger partial charge on any atom is 0.325 e. The van der Waals surface area contributed by atoms with Gasteiger partial charge in [-0.3, -0.25) is 19.5 Å². The van der Waals surface area contributed by atoms with E-state index in [0.29, 0.717) is 17.1 Å². The van der Waals surface area contributed by atoms with Crippen molar-refractivity contribution < 1.29 is 14.4 Å². The first-order valence-electron chi connectivity index (χ1n) is 8.56. The highest BCUT2D eigenvalue weighted by Gasteiger charge is 2.38. The molecule has 2 aromatic rings. The fourth-order valence-corrected chi connectivity index (χ4v) is 2.97. The molecule has 4 amide bonds. The van der Waals surface area contributed by atoms with Crippen LogP contribution in [-0.4, -0.2) is 33.8 Å². The predicted molar refractivity (Wildman–Crippen MR) is 99.6 cm³/mol. The molecule has 1 aromatic carbocycles. The number of amides is 4. The van der Waals surface area contributed by atoms with E-state index in [1.54, 1.807) is 36.5 Å². The average molecular weight is 387 g/mol. The number of urea groups is 1. The number of rotatable bonds is 7. The lowest BCUT2D eigenvalue weighted by Crippen LogP contribution is -2.32. The van der Waals surface area contributed by atoms with Crippen molar-refractivity contribution in [2.24, 2.45) is 0 Å². The van der Waals surface area contributed by atoms with Gasteiger partial charge in [0.05, 0.1) is 18.8 Å². The van der Waals surface area contributed by atoms with Crippen molar-refractivity contribution >= 4 is 29.4 Å². The Kier molecular flexibility index (Phi) is 6.03. The van der Waals surface area contributed by atoms with Crippen LogP contribution in [0.25, 0.3) is 0 Å². The van der Waals surface area contributed by atoms with Gasteiger partial charge in [0.15, 0.2) is 0 Å². The van der Waals surface area contributed by atoms with Gasteiger partial charge in [0, 0.05) is 17.6 Å². The summed E-state index contributed by atoms with van der Waals surface area (Å²) in [5, 5.41) is 5.87. The van der Waals surface area contributed by atoms with E-state index < -0.39 is 12.1 Å². The molecule has 140 valence electrons. The lowest BCUT2D eigenvalue weighted by molar-refractivity contribution is -0.128. The molecule has 0 radical (unpaired) electrons. The third kappa shape index (κ3) is 4.83. The van der Waals surface area contributed by atoms with Crippen molar-refractivity contribution in [3.8, 4) is 0 Å². The minimum Gasteiger partial charge on any atom is -0.350 e. The summed E-state index contributed by atoms with van der Waals surface area (Å²) in [5.74, 6) is -0.551. The number of nitrogens with one attached hydrogen (secondary N) is 2. The highest BCUT2D eigenvalue weighted by atomic mass is 35.5. The van der Waals surface area contributed by atoms with E-state index in [1.165, 1.54) is 0 Å². The van der Waals surface area contributed by atoms with Crippen LogP contribution in [0.5, 0.6) is 0 Å². The van der Waals surface area contributed by atoms with Gasteiger partial charge in [-0.25, -0.2) is 4.79 Å². The molecule has 1 atom stereocenters. The summed E-state index contributed by atoms with van der Waals surface area (Å²) in [5.41, 5.74) is 1.44. The summed E-state index contributed by atoms with van der Waals surface area (Å²) >= 11 is 6.09. The molecule has 2 heterocycles. The molecule has 1 aromatic heterocycles. The zero-order chi connectivity index (χ0) is 19.2. The Hall–Kier alpha value is -2.93. The van der Waals surface area contributed by atoms with Gasteiger partial charge >= 0.3 is 6.03 Å². The van der Waals surface area contributed by atoms with Gasteiger partial charge in [-0.2, -0.15) is 0 Å². The molecule has 0 aliphatic carbocycles. The van der Waals surface area contributed by atoms with Crippen molar-refractivity contribution in [2.75, 3.05) is 0 Å². The zero-order valence-corrected chi connectivity index (χ0v) is 15.3. The van der Waals surface area contributed by atoms with Crippen molar-refractivity contribution in [2.45, 2.75) is 32.0 Å². The number of halogens is 1. The molecule has 2 N–H and O–H groups in total. The van der Waals surface area contributed by atoms with E-state index in [9.17, 15) is 14.4 Å². The van der Waals surface area contributed by atoms with Crippen molar-refractivity contribution in [1.29, 1.82) is 0 Å². The summed E-state index contributed by atoms with van der Waals surface area (Å²) < 4.78 is 0. The zero-order valence-electron chi connectivity index (χ0n) is 14.5. The SMILES string of the molecule is O=C(CC[C@H]1NC(=O)N(Cc2ccccc2Cl)C1=O)NCc1ccccn1. The van der Waals surface area contributed by atoms with Gasteiger partial charge < -0.3 is 10.6 Å². The quantitative estimate of drug-likeness (QED) is 0.714. The summed E-state index contributed by atoms with van der Waals surface area (Å²) in [4.78, 5) is 41.8. The molecule has 1 fully saturated rings. The molecule has 1 saturated heterocycles. The van der Waals surface area contributed by atoms with E-state index in [1.807, 2.05) is 12.1 Å². The van der Waals surface area contributed by atoms with E-state index in [0.717, 1.165) is 10.6 Å². The van der Waals surface area contributed by atoms with Crippen LogP contribution in [-0.2, 0) is 22.7 Å². The van der Waals surface area contributed by atoms with E-state index >= 15 is 0 Å². The minimum absolute atomic E-state index is 0.104. The number of carbonyl (C=O) groups is 3. The lowest BCUT2D eigenvalue weighted by Gasteiger charge is -2.14. The molecular formula is C19H19ClN4O3. The first-order chi connectivity index (χ1) is 13.0. The van der Waals surface area contributed by atoms with Crippen LogP contribution in [0.2, 0.25) is 5.02 Å². The van der Waals surface area contributed by atoms with Gasteiger partial charge in [0.1, 0.15) is 6.04 Å². The number of imide groups is 1. The smallest absolute Gasteiger partial charge is 0.325 e. The van der Waals surface area contributed by atoms with Crippen LogP contribution < -0.4 is 10.6 Å². The second kappa shape index (κ2) is 8.64. The Morgan fingerprint density at radius 3 is 2.70 bits per heavy atom. The molecule has 3 rings (SSSR count). The van der Waals surface area contributed by atoms with Crippen LogP contribution >= 0.6 is 11.6 Å². The van der Waals surface area contributed by atoms with Gasteiger partial charge in [-0.15, -0.1) is 0 Å². The number of pyridine rings is 1. The van der Waals surface area contributed by atoms with Crippen molar-refractivity contribution in [3.05, 3.63) is 64.9 Å². The van der Waals surface area contributed by atoms with Gasteiger partial charge in [-0.1, -0.05) is 35.9 Å². The molecule has 0 bridgehead atoms. The van der Waals surface area contributed by atoms with Crippen LogP contribution in [0.1, 0.15) is 24.1 Å². The van der Waals surface area contributed by atoms with Crippen molar-refractivity contribution in [1.82, 2.24) is 20.5 Å². The summed E-state index contributed by atoms with van der Waals surface area (Å²) in [6, 6.07) is 11.3. The maximum atomic E-state index is 12.5. The Balaban J connectivity index is 1.49. The number of benzene rings is 1. The first-order valence-corrected chi connectivity index (χ1v) is 8.94. The van der Waals surface area contributed by atoms with Crippen LogP contribution in [0.3, 0.4) is 0 Å². The topological polar surface area (TPSA) is 91.4 Å². The van der Waals surface area contributed by atoms with Gasteiger partial charge in [0.25, 0.3) is 5.91 Å². The standard InChI is InChI=1S/C19H19ClN4O3/c20-15-7-2-1-5-13(15)12-24-18(26)16(23-19(24)27)8-9-17(25)22-11-14-6-3-4-10-21-14/h1-7,10,16H,8-9,11-12H2,(H,22,25)(H,23,27)/t16-/m1/s1. The lowest BCUT2D eigenvalue weighted by atomic mass is 10.1. The fourth-order valence-electron chi connectivity index (χ4n) is 2.77. The number of hydrogen-bond donors (Lipinski definition) is 2. The molecule has 1 aliphatic heterocycles. The number of hydrogen-bond acceptors (Lipinski definition) is 4. The number of aromatic nitrogens is 1. The highest BCUT2D eigenvalue weighted by molar-refractivity contribution is 6.31. The molecule has 0 spiro atoms. The maximum absolute atomic E-state index is 12.5. The largest absolute Gasteiger partial charge is 0.350 e. The van der Waals surface area contributed by atoms with E-state index in [4.69, 9.17) is 11.6 Å². The highest BCUT2D eigenvalue weighted by Crippen LogP contribution is 2.20. The van der Waals surface area contributed by atoms with E-state index in [2.05, 4.69) is 15.6 Å². The molecule has 0 saturated carbocycles. The molecule has 0 unspecified atom stereocenters. The third-order valence-electron chi connectivity index (χ3n) is 4.25. The Morgan fingerprint density at radius 1 is 1.19 bits per heavy atom. The average Bonchev–Trinajstić information content (AvgIpc) is 2.94. The normalized spacial score (nSPS) is 16.3. The molecule has 27 heavy (non-hydrogen) atoms. The number of nitrogens with zero attached hydrogens (tertiary/aromatic N) is 2. The van der Waals surface area contributed by atoms with Crippen LogP contribution in [0.15, 0.2) is 48.7 Å². The predicted octanol–water partition coefficient (Wildman–Crippen LogP) is 2.25. The number of carbonyl (C=O) groups excluding carboxylic acids is 3. The molecular weight excluding hydrogens is 368 g/mol. The van der Waals surface area contributed by atoms with Crippen LogP contribution in [0.4, 0.5) is 4.79 Å². The fraction of sp³-hybridized carbons (Fsp3) is 0.263. The van der Waals surface area contributed by atoms with Crippen LogP contribution in [0, 0.1) is 0 Å². The summed E-state index contributed by atoms with van der Waals surface area (Å²) in [6.07, 6.45) is 2.02. The van der Waals surface area contributed by atoms with Gasteiger partial charge in [-0.05, 0) is 30.2 Å². The summed E-state index contributed by atoms with van der Waals surface area (Å²) in [6.45, 7) is 0.427. The first kappa shape index (κ1) is 18.8. The third-order valence-corrected chi connectivity index (χ3v) is 4.61. The Bertz CT molecular complexity index is 844. The second-order valence-corrected chi connectivity index (χ2v) is 6.56.